The SMILES string of the molecule is CCCC1(O[Si](C)(C)C)C[Si](C)(C)[Si](C)(C)[Si](C)(C)O1. The van der Waals surface area contributed by atoms with E-state index in [9.17, 15) is 0 Å². The highest BCUT2D eigenvalue weighted by molar-refractivity contribution is 7.67. The van der Waals surface area contributed by atoms with Crippen molar-refractivity contribution in [1.82, 2.24) is 0 Å². The van der Waals surface area contributed by atoms with Crippen molar-refractivity contribution in [2.45, 2.75) is 90.5 Å². The van der Waals surface area contributed by atoms with Crippen molar-refractivity contribution in [3.63, 3.8) is 0 Å². The molecule has 6 heteroatoms. The lowest BCUT2D eigenvalue weighted by Gasteiger charge is -2.60. The van der Waals surface area contributed by atoms with Gasteiger partial charge in [-0.15, -0.1) is 0 Å². The van der Waals surface area contributed by atoms with Gasteiger partial charge >= 0.3 is 0 Å². The van der Waals surface area contributed by atoms with E-state index < -0.39 is 30.9 Å². The number of hydrogen-bond donors (Lipinski definition) is 0. The second-order valence-electron chi connectivity index (χ2n) is 9.17. The topological polar surface area (TPSA) is 18.5 Å². The van der Waals surface area contributed by atoms with Crippen LogP contribution in [0.1, 0.15) is 19.8 Å². The van der Waals surface area contributed by atoms with Gasteiger partial charge in [-0.2, -0.15) is 0 Å². The van der Waals surface area contributed by atoms with Crippen LogP contribution in [0.3, 0.4) is 0 Å². The van der Waals surface area contributed by atoms with Gasteiger partial charge in [0, 0.05) is 7.59 Å². The Kier molecular flexibility index (Phi) is 5.14. The third kappa shape index (κ3) is 3.57. The first kappa shape index (κ1) is 18.8. The lowest BCUT2D eigenvalue weighted by atomic mass is 10.2. The van der Waals surface area contributed by atoms with Gasteiger partial charge in [0.25, 0.3) is 0 Å². The monoisotopic (exact) mass is 348 g/mol. The molecule has 20 heavy (non-hydrogen) atoms. The third-order valence-corrected chi connectivity index (χ3v) is 46.7. The molecule has 1 heterocycles. The van der Waals surface area contributed by atoms with Gasteiger partial charge in [-0.3, -0.25) is 0 Å². The van der Waals surface area contributed by atoms with Gasteiger partial charge in [-0.1, -0.05) is 39.5 Å². The summed E-state index contributed by atoms with van der Waals surface area (Å²) in [6, 6.07) is 1.22. The van der Waals surface area contributed by atoms with Crippen LogP contribution < -0.4 is 0 Å². The zero-order valence-corrected chi connectivity index (χ0v) is 19.4. The standard InChI is InChI=1S/C14H36O2Si4/c1-11-12-14(15-17(2,3)4)13-18(5,6)20(9,10)19(7,8)16-14/h11-13H2,1-10H3. The molecule has 120 valence electrons. The molecular formula is C14H36O2Si4. The summed E-state index contributed by atoms with van der Waals surface area (Å²) in [6.07, 6.45) is 2.23. The fourth-order valence-electron chi connectivity index (χ4n) is 3.52. The van der Waals surface area contributed by atoms with E-state index in [4.69, 9.17) is 8.85 Å². The molecule has 0 N–H and O–H groups in total. The van der Waals surface area contributed by atoms with Crippen LogP contribution >= 0.6 is 0 Å². The average molecular weight is 349 g/mol. The predicted molar refractivity (Wildman–Crippen MR) is 100 cm³/mol. The highest BCUT2D eigenvalue weighted by Crippen LogP contribution is 2.47. The molecule has 0 bridgehead atoms. The minimum atomic E-state index is -1.63. The second kappa shape index (κ2) is 5.45. The van der Waals surface area contributed by atoms with Crippen LogP contribution in [0.5, 0.6) is 0 Å². The first-order valence-corrected chi connectivity index (χ1v) is 22.6. The van der Waals surface area contributed by atoms with E-state index in [0.717, 1.165) is 12.8 Å². The first-order chi connectivity index (χ1) is 8.68. The molecule has 0 aromatic carbocycles. The van der Waals surface area contributed by atoms with Crippen molar-refractivity contribution in [2.24, 2.45) is 0 Å². The molecule has 1 unspecified atom stereocenters. The molecule has 1 saturated heterocycles. The summed E-state index contributed by atoms with van der Waals surface area (Å²) in [5.41, 5.74) is 0. The van der Waals surface area contributed by atoms with Crippen molar-refractivity contribution in [1.29, 1.82) is 0 Å². The summed E-state index contributed by atoms with van der Waals surface area (Å²) in [6.45, 7) is 24.5. The van der Waals surface area contributed by atoms with Crippen LogP contribution in [0.25, 0.3) is 0 Å². The van der Waals surface area contributed by atoms with E-state index in [1.807, 2.05) is 0 Å². The van der Waals surface area contributed by atoms with Crippen LogP contribution in [0, 0.1) is 0 Å². The van der Waals surface area contributed by atoms with Gasteiger partial charge < -0.3 is 8.85 Å². The van der Waals surface area contributed by atoms with Gasteiger partial charge in [-0.25, -0.2) is 0 Å². The van der Waals surface area contributed by atoms with Crippen LogP contribution in [0.15, 0.2) is 0 Å². The molecule has 2 nitrogen and oxygen atoms in total. The van der Waals surface area contributed by atoms with Gasteiger partial charge in [0.15, 0.2) is 16.2 Å². The van der Waals surface area contributed by atoms with E-state index in [1.54, 1.807) is 0 Å². The fourth-order valence-corrected chi connectivity index (χ4v) is 34.6. The second-order valence-corrected chi connectivity index (χ2v) is 40.9. The van der Waals surface area contributed by atoms with Crippen molar-refractivity contribution in [3.05, 3.63) is 0 Å². The van der Waals surface area contributed by atoms with E-state index in [2.05, 4.69) is 65.8 Å². The predicted octanol–water partition coefficient (Wildman–Crippen LogP) is 5.14. The molecule has 0 radical (unpaired) electrons. The molecule has 1 fully saturated rings. The van der Waals surface area contributed by atoms with Gasteiger partial charge in [0.1, 0.15) is 5.79 Å². The average Bonchev–Trinajstić information content (AvgIpc) is 2.10. The fraction of sp³-hybridized carbons (Fsp3) is 1.00. The molecule has 1 rings (SSSR count). The summed E-state index contributed by atoms with van der Waals surface area (Å²) in [5.74, 6) is -0.243. The van der Waals surface area contributed by atoms with Crippen LogP contribution in [0.2, 0.25) is 65.0 Å². The largest absolute Gasteiger partial charge is 0.394 e. The number of hydrogen-bond acceptors (Lipinski definition) is 2. The van der Waals surface area contributed by atoms with E-state index in [0.29, 0.717) is 0 Å². The van der Waals surface area contributed by atoms with Crippen LogP contribution in [0.4, 0.5) is 0 Å². The Morgan fingerprint density at radius 3 is 1.90 bits per heavy atom. The van der Waals surface area contributed by atoms with Gasteiger partial charge in [0.2, 0.25) is 0 Å². The van der Waals surface area contributed by atoms with E-state index in [-0.39, 0.29) is 5.79 Å². The molecule has 0 spiro atoms. The first-order valence-electron chi connectivity index (χ1n) is 8.08. The van der Waals surface area contributed by atoms with Crippen molar-refractivity contribution < 1.29 is 8.85 Å². The molecule has 1 atom stereocenters. The lowest BCUT2D eigenvalue weighted by molar-refractivity contribution is -0.117. The molecule has 1 aliphatic rings. The Labute approximate surface area is 130 Å². The quantitative estimate of drug-likeness (QED) is 0.655. The highest BCUT2D eigenvalue weighted by Gasteiger charge is 2.63. The van der Waals surface area contributed by atoms with E-state index >= 15 is 0 Å². The maximum absolute atomic E-state index is 6.88. The Morgan fingerprint density at radius 2 is 1.55 bits per heavy atom. The minimum Gasteiger partial charge on any atom is -0.394 e. The highest BCUT2D eigenvalue weighted by atomic mass is 29.6. The normalized spacial score (nSPS) is 32.1. The zero-order chi connectivity index (χ0) is 16.0. The Bertz CT molecular complexity index is 339. The van der Waals surface area contributed by atoms with Crippen LogP contribution in [-0.2, 0) is 8.85 Å². The molecule has 1 aliphatic heterocycles. The van der Waals surface area contributed by atoms with Gasteiger partial charge in [-0.05, 0) is 45.2 Å². The van der Waals surface area contributed by atoms with Crippen LogP contribution in [-0.4, -0.2) is 36.6 Å². The van der Waals surface area contributed by atoms with E-state index in [1.165, 1.54) is 6.04 Å². The molecule has 0 aromatic rings. The maximum atomic E-state index is 6.88. The molecule has 0 saturated carbocycles. The third-order valence-electron chi connectivity index (χ3n) is 5.47. The summed E-state index contributed by atoms with van der Waals surface area (Å²) < 4.78 is 13.6. The zero-order valence-electron chi connectivity index (χ0n) is 15.4. The smallest absolute Gasteiger partial charge is 0.187 e. The molecule has 0 aliphatic carbocycles. The van der Waals surface area contributed by atoms with Gasteiger partial charge in [0.05, 0.1) is 7.11 Å². The summed E-state index contributed by atoms with van der Waals surface area (Å²) >= 11 is 0. The Morgan fingerprint density at radius 1 is 1.05 bits per heavy atom. The molecule has 0 amide bonds. The molecule has 0 aromatic heterocycles. The summed E-state index contributed by atoms with van der Waals surface area (Å²) in [4.78, 5) is 0. The number of rotatable bonds is 4. The molecular weight excluding hydrogens is 312 g/mol. The Hall–Kier alpha value is 0.788. The van der Waals surface area contributed by atoms with Crippen molar-refractivity contribution in [3.8, 4) is 0 Å². The lowest BCUT2D eigenvalue weighted by Crippen LogP contribution is -2.79. The Balaban J connectivity index is 3.23. The van der Waals surface area contributed by atoms with Crippen molar-refractivity contribution >= 4 is 30.9 Å². The summed E-state index contributed by atoms with van der Waals surface area (Å²) in [7, 11) is -5.72. The summed E-state index contributed by atoms with van der Waals surface area (Å²) in [5, 5.41) is 0. The minimum absolute atomic E-state index is 0.243. The van der Waals surface area contributed by atoms with Crippen molar-refractivity contribution in [2.75, 3.05) is 0 Å². The maximum Gasteiger partial charge on any atom is 0.187 e.